The highest BCUT2D eigenvalue weighted by Gasteiger charge is 2.19. The first-order valence-electron chi connectivity index (χ1n) is 20.2. The van der Waals surface area contributed by atoms with Gasteiger partial charge in [0, 0.05) is 20.4 Å². The summed E-state index contributed by atoms with van der Waals surface area (Å²) >= 11 is 0. The van der Waals surface area contributed by atoms with E-state index in [-0.39, 0.29) is 5.41 Å². The summed E-state index contributed by atoms with van der Waals surface area (Å²) in [5.41, 5.74) is 10.6. The Morgan fingerprint density at radius 1 is 0.533 bits per heavy atom. The van der Waals surface area contributed by atoms with Crippen LogP contribution in [0.5, 0.6) is 0 Å². The molecule has 0 aliphatic carbocycles. The Bertz CT molecular complexity index is 2490. The Hall–Kier alpha value is -6.42. The molecule has 0 spiro atoms. The molecule has 0 unspecified atom stereocenters. The Labute approximate surface area is 360 Å². The fourth-order valence-corrected chi connectivity index (χ4v) is 6.58. The van der Waals surface area contributed by atoms with Crippen molar-refractivity contribution in [2.45, 2.75) is 53.9 Å². The van der Waals surface area contributed by atoms with E-state index < -0.39 is 0 Å². The number of hydrogen-bond acceptors (Lipinski definition) is 3. The third-order valence-electron chi connectivity index (χ3n) is 9.12. The molecule has 0 bridgehead atoms. The van der Waals surface area contributed by atoms with Crippen LogP contribution in [-0.2, 0) is 10.2 Å². The molecule has 0 heterocycles. The van der Waals surface area contributed by atoms with Crippen LogP contribution in [0.25, 0.3) is 65.7 Å². The molecule has 0 saturated carbocycles. The smallest absolute Gasteiger partial charge is 0.0612 e. The van der Waals surface area contributed by atoms with Gasteiger partial charge in [0.05, 0.1) is 5.71 Å². The number of ether oxygens (including phenoxy) is 1. The molecule has 60 heavy (non-hydrogen) atoms. The lowest BCUT2D eigenvalue weighted by atomic mass is 9.82. The number of rotatable bonds is 7. The minimum Gasteiger partial charge on any atom is -0.388 e. The van der Waals surface area contributed by atoms with E-state index in [0.717, 1.165) is 22.9 Å². The van der Waals surface area contributed by atoms with Crippen molar-refractivity contribution < 1.29 is 4.74 Å². The van der Waals surface area contributed by atoms with Crippen molar-refractivity contribution >= 4 is 44.2 Å². The highest BCUT2D eigenvalue weighted by molar-refractivity contribution is 6.21. The van der Waals surface area contributed by atoms with E-state index in [4.69, 9.17) is 10.8 Å². The van der Waals surface area contributed by atoms with Crippen molar-refractivity contribution in [1.82, 2.24) is 0 Å². The number of fused-ring (bicyclic) bond motifs is 3. The largest absolute Gasteiger partial charge is 0.388 e. The maximum Gasteiger partial charge on any atom is 0.0612 e. The summed E-state index contributed by atoms with van der Waals surface area (Å²) in [5, 5.41) is 22.0. The van der Waals surface area contributed by atoms with Crippen LogP contribution in [0, 0.1) is 16.2 Å². The molecule has 0 aliphatic rings. The SMILES string of the molecule is C=C.C=C/C=C\C(=N)c1ccc(-c2ccc3ccc(-c4c5ccccc5c(-c5cccc(C(C)(C)C)c5)c5ccccc45)cc3c2)cc1.C=CC=N.CC(C)(C)C.COC. The lowest BCUT2D eigenvalue weighted by Gasteiger charge is -2.22. The molecule has 0 atom stereocenters. The van der Waals surface area contributed by atoms with E-state index in [2.05, 4.69) is 201 Å². The minimum absolute atomic E-state index is 0.0688. The van der Waals surface area contributed by atoms with Gasteiger partial charge in [-0.1, -0.05) is 201 Å². The average molecular weight is 793 g/mol. The second kappa shape index (κ2) is 22.7. The van der Waals surface area contributed by atoms with E-state index in [1.807, 2.05) is 12.1 Å². The van der Waals surface area contributed by atoms with Gasteiger partial charge in [0.15, 0.2) is 0 Å². The maximum absolute atomic E-state index is 8.30. The van der Waals surface area contributed by atoms with Crippen molar-refractivity contribution in [3.05, 3.63) is 195 Å². The highest BCUT2D eigenvalue weighted by Crippen LogP contribution is 2.44. The summed E-state index contributed by atoms with van der Waals surface area (Å²) in [7, 11) is 3.25. The van der Waals surface area contributed by atoms with Gasteiger partial charge in [-0.3, -0.25) is 0 Å². The van der Waals surface area contributed by atoms with E-state index in [1.165, 1.54) is 66.2 Å². The first-order chi connectivity index (χ1) is 28.6. The van der Waals surface area contributed by atoms with Crippen molar-refractivity contribution in [2.24, 2.45) is 5.41 Å². The van der Waals surface area contributed by atoms with Gasteiger partial charge in [0.2, 0.25) is 0 Å². The Kier molecular flexibility index (Phi) is 18.1. The Morgan fingerprint density at radius 2 is 0.950 bits per heavy atom. The molecule has 7 aromatic rings. The van der Waals surface area contributed by atoms with E-state index >= 15 is 0 Å². The Balaban J connectivity index is 0.000000603. The molecular weight excluding hydrogens is 729 g/mol. The summed E-state index contributed by atoms with van der Waals surface area (Å²) < 4.78 is 4.25. The average Bonchev–Trinajstić information content (AvgIpc) is 3.24. The molecule has 308 valence electrons. The standard InChI is InChI=1S/C45H37N.C5H12.C3H5N.C2H6O.C2H4/c1-5-6-18-42(46)32-23-19-30(20-24-32)33-25-21-31-22-26-35(28-36(31)27-33)44-40-16-9-7-14-38(40)43(39-15-8-10-17-41(39)44)34-12-11-13-37(29-34)45(2,3)4;1-5(2,3)4;1-2-3-4;1-3-2;1-2/h5-29,46H,1H2,2-4H3;1-4H3;2-4H,1H2;1-2H3;1-2H2/b18-6-,46-42?;;;;. The summed E-state index contributed by atoms with van der Waals surface area (Å²) in [4.78, 5) is 0. The van der Waals surface area contributed by atoms with Crippen LogP contribution in [0.15, 0.2) is 184 Å². The van der Waals surface area contributed by atoms with Gasteiger partial charge in [-0.15, -0.1) is 13.2 Å². The molecular formula is C57H64N2O. The van der Waals surface area contributed by atoms with Crippen molar-refractivity contribution in [3.8, 4) is 33.4 Å². The lowest BCUT2D eigenvalue weighted by molar-refractivity contribution is 0.277. The van der Waals surface area contributed by atoms with Crippen LogP contribution in [0.3, 0.4) is 0 Å². The van der Waals surface area contributed by atoms with Crippen LogP contribution < -0.4 is 0 Å². The molecule has 0 radical (unpaired) electrons. The number of methoxy groups -OCH3 is 1. The number of nitrogens with one attached hydrogen (secondary N) is 2. The highest BCUT2D eigenvalue weighted by atomic mass is 16.4. The van der Waals surface area contributed by atoms with E-state index in [0.29, 0.717) is 11.1 Å². The maximum atomic E-state index is 8.30. The topological polar surface area (TPSA) is 56.9 Å². The third kappa shape index (κ3) is 13.0. The molecule has 0 fully saturated rings. The monoisotopic (exact) mass is 793 g/mol. The van der Waals surface area contributed by atoms with Crippen LogP contribution >= 0.6 is 0 Å². The molecule has 3 heteroatoms. The predicted molar refractivity (Wildman–Crippen MR) is 268 cm³/mol. The normalized spacial score (nSPS) is 10.8. The van der Waals surface area contributed by atoms with Crippen molar-refractivity contribution in [3.63, 3.8) is 0 Å². The quantitative estimate of drug-likeness (QED) is 0.0718. The van der Waals surface area contributed by atoms with Crippen LogP contribution in [0.4, 0.5) is 0 Å². The molecule has 0 aromatic heterocycles. The molecule has 7 aromatic carbocycles. The van der Waals surface area contributed by atoms with E-state index in [1.54, 1.807) is 32.4 Å². The molecule has 0 amide bonds. The zero-order valence-electron chi connectivity index (χ0n) is 37.3. The summed E-state index contributed by atoms with van der Waals surface area (Å²) in [6.45, 7) is 28.5. The first-order valence-corrected chi connectivity index (χ1v) is 20.2. The molecule has 0 aliphatic heterocycles. The Morgan fingerprint density at radius 3 is 1.38 bits per heavy atom. The zero-order valence-corrected chi connectivity index (χ0v) is 37.3. The first kappa shape index (κ1) is 48.0. The fraction of sp³-hybridized carbons (Fsp3) is 0.193. The molecule has 2 N–H and O–H groups in total. The van der Waals surface area contributed by atoms with Gasteiger partial charge in [-0.05, 0) is 106 Å². The van der Waals surface area contributed by atoms with E-state index in [9.17, 15) is 0 Å². The van der Waals surface area contributed by atoms with Gasteiger partial charge in [-0.2, -0.15) is 0 Å². The predicted octanol–water partition coefficient (Wildman–Crippen LogP) is 16.5. The second-order valence-corrected chi connectivity index (χ2v) is 16.8. The summed E-state index contributed by atoms with van der Waals surface area (Å²) in [5.74, 6) is 0. The van der Waals surface area contributed by atoms with Gasteiger partial charge in [0.25, 0.3) is 0 Å². The van der Waals surface area contributed by atoms with Gasteiger partial charge >= 0.3 is 0 Å². The van der Waals surface area contributed by atoms with Gasteiger partial charge in [-0.25, -0.2) is 0 Å². The minimum atomic E-state index is 0.0688. The van der Waals surface area contributed by atoms with Crippen LogP contribution in [0.1, 0.15) is 59.6 Å². The summed E-state index contributed by atoms with van der Waals surface area (Å²) in [6.07, 6.45) is 7.81. The lowest BCUT2D eigenvalue weighted by Crippen LogP contribution is -2.10. The zero-order chi connectivity index (χ0) is 44.5. The number of hydrogen-bond donors (Lipinski definition) is 2. The molecule has 0 saturated heterocycles. The van der Waals surface area contributed by atoms with Crippen molar-refractivity contribution in [1.29, 1.82) is 10.8 Å². The third-order valence-corrected chi connectivity index (χ3v) is 9.12. The van der Waals surface area contributed by atoms with Crippen molar-refractivity contribution in [2.75, 3.05) is 14.2 Å². The van der Waals surface area contributed by atoms with Gasteiger partial charge < -0.3 is 15.6 Å². The number of benzene rings is 7. The molecule has 3 nitrogen and oxygen atoms in total. The van der Waals surface area contributed by atoms with Crippen LogP contribution in [0.2, 0.25) is 0 Å². The van der Waals surface area contributed by atoms with Gasteiger partial charge in [0.1, 0.15) is 0 Å². The molecule has 7 rings (SSSR count). The second-order valence-electron chi connectivity index (χ2n) is 16.8. The fourth-order valence-electron chi connectivity index (χ4n) is 6.58. The van der Waals surface area contributed by atoms with Crippen LogP contribution in [-0.4, -0.2) is 26.1 Å². The number of allylic oxidation sites excluding steroid dienone is 4. The summed E-state index contributed by atoms with van der Waals surface area (Å²) in [6, 6.07) is 48.6.